The summed E-state index contributed by atoms with van der Waals surface area (Å²) >= 11 is 0. The Hall–Kier alpha value is -1.29. The Morgan fingerprint density at radius 2 is 2.21 bits per heavy atom. The lowest BCUT2D eigenvalue weighted by molar-refractivity contribution is -0.121. The summed E-state index contributed by atoms with van der Waals surface area (Å²) in [5, 5.41) is 6.31. The molecule has 19 heavy (non-hydrogen) atoms. The van der Waals surface area contributed by atoms with Gasteiger partial charge >= 0.3 is 0 Å². The maximum Gasteiger partial charge on any atom is 0.221 e. The molecule has 106 valence electrons. The number of hydrogen-bond donors (Lipinski definition) is 2. The number of aryl methyl sites for hydroxylation is 1. The average molecular weight is 263 g/mol. The molecular formula is C15H25N3O. The Morgan fingerprint density at radius 1 is 1.47 bits per heavy atom. The van der Waals surface area contributed by atoms with Gasteiger partial charge in [0.05, 0.1) is 0 Å². The number of nitrogens with one attached hydrogen (secondary N) is 2. The number of amides is 1. The first kappa shape index (κ1) is 14.1. The zero-order chi connectivity index (χ0) is 13.8. The van der Waals surface area contributed by atoms with E-state index in [1.165, 1.54) is 18.4 Å². The summed E-state index contributed by atoms with van der Waals surface area (Å²) in [4.78, 5) is 11.6. The number of nitrogens with zero attached hydrogens (tertiary/aromatic N) is 1. The van der Waals surface area contributed by atoms with Gasteiger partial charge in [-0.2, -0.15) is 0 Å². The van der Waals surface area contributed by atoms with Crippen LogP contribution in [0.2, 0.25) is 0 Å². The van der Waals surface area contributed by atoms with Crippen molar-refractivity contribution in [3.05, 3.63) is 24.0 Å². The third-order valence-electron chi connectivity index (χ3n) is 3.58. The van der Waals surface area contributed by atoms with E-state index in [0.717, 1.165) is 12.5 Å². The van der Waals surface area contributed by atoms with Crippen molar-refractivity contribution < 1.29 is 4.79 Å². The minimum absolute atomic E-state index is 0.123. The highest BCUT2D eigenvalue weighted by molar-refractivity contribution is 5.76. The molecule has 1 aliphatic rings. The highest BCUT2D eigenvalue weighted by Crippen LogP contribution is 2.40. The maximum absolute atomic E-state index is 11.6. The van der Waals surface area contributed by atoms with E-state index in [2.05, 4.69) is 33.7 Å². The van der Waals surface area contributed by atoms with E-state index in [0.29, 0.717) is 12.5 Å². The SMILES string of the molecule is CNC(c1ccn(CCC(=O)NC(C)C)c1)C1CC1. The molecule has 1 atom stereocenters. The van der Waals surface area contributed by atoms with Crippen LogP contribution in [0.5, 0.6) is 0 Å². The van der Waals surface area contributed by atoms with Crippen LogP contribution in [0.3, 0.4) is 0 Å². The number of carbonyl (C=O) groups excluding carboxylic acids is 1. The predicted molar refractivity (Wildman–Crippen MR) is 76.9 cm³/mol. The summed E-state index contributed by atoms with van der Waals surface area (Å²) in [7, 11) is 2.02. The van der Waals surface area contributed by atoms with E-state index >= 15 is 0 Å². The summed E-state index contributed by atoms with van der Waals surface area (Å²) in [6.07, 6.45) is 7.44. The molecule has 0 aliphatic heterocycles. The van der Waals surface area contributed by atoms with Crippen molar-refractivity contribution in [2.45, 2.75) is 51.7 Å². The minimum atomic E-state index is 0.123. The number of rotatable bonds is 7. The maximum atomic E-state index is 11.6. The Labute approximate surface area is 115 Å². The van der Waals surface area contributed by atoms with Gasteiger partial charge in [-0.15, -0.1) is 0 Å². The van der Waals surface area contributed by atoms with Gasteiger partial charge in [0.15, 0.2) is 0 Å². The molecule has 0 spiro atoms. The molecule has 2 rings (SSSR count). The van der Waals surface area contributed by atoms with Crippen LogP contribution >= 0.6 is 0 Å². The van der Waals surface area contributed by atoms with E-state index in [9.17, 15) is 4.79 Å². The first-order chi connectivity index (χ1) is 9.10. The van der Waals surface area contributed by atoms with Crippen molar-refractivity contribution in [2.75, 3.05) is 7.05 Å². The number of aromatic nitrogens is 1. The Balaban J connectivity index is 1.85. The van der Waals surface area contributed by atoms with Gasteiger partial charge in [-0.25, -0.2) is 0 Å². The first-order valence-corrected chi connectivity index (χ1v) is 7.22. The molecule has 4 heteroatoms. The molecule has 1 saturated carbocycles. The summed E-state index contributed by atoms with van der Waals surface area (Å²) in [6.45, 7) is 4.72. The molecule has 1 aromatic heterocycles. The lowest BCUT2D eigenvalue weighted by Crippen LogP contribution is -2.30. The summed E-state index contributed by atoms with van der Waals surface area (Å²) in [5.74, 6) is 0.919. The molecule has 1 amide bonds. The van der Waals surface area contributed by atoms with Gasteiger partial charge < -0.3 is 15.2 Å². The minimum Gasteiger partial charge on any atom is -0.354 e. The van der Waals surface area contributed by atoms with Crippen molar-refractivity contribution >= 4 is 5.91 Å². The third kappa shape index (κ3) is 4.10. The highest BCUT2D eigenvalue weighted by atomic mass is 16.1. The summed E-state index contributed by atoms with van der Waals surface area (Å²) in [6, 6.07) is 2.86. The van der Waals surface area contributed by atoms with E-state index < -0.39 is 0 Å². The van der Waals surface area contributed by atoms with E-state index in [4.69, 9.17) is 0 Å². The van der Waals surface area contributed by atoms with Crippen molar-refractivity contribution in [3.63, 3.8) is 0 Å². The van der Waals surface area contributed by atoms with Gasteiger partial charge in [0.25, 0.3) is 0 Å². The molecule has 1 fully saturated rings. The van der Waals surface area contributed by atoms with E-state index in [1.807, 2.05) is 20.9 Å². The second kappa shape index (κ2) is 6.24. The Kier molecular flexibility index (Phi) is 4.64. The predicted octanol–water partition coefficient (Wildman–Crippen LogP) is 2.07. The van der Waals surface area contributed by atoms with Gasteiger partial charge in [0, 0.05) is 37.4 Å². The molecule has 0 radical (unpaired) electrons. The molecular weight excluding hydrogens is 238 g/mol. The quantitative estimate of drug-likeness (QED) is 0.791. The van der Waals surface area contributed by atoms with Crippen LogP contribution in [0.15, 0.2) is 18.5 Å². The smallest absolute Gasteiger partial charge is 0.221 e. The molecule has 1 aliphatic carbocycles. The van der Waals surface area contributed by atoms with Gasteiger partial charge in [-0.1, -0.05) is 0 Å². The van der Waals surface area contributed by atoms with Crippen LogP contribution in [0.1, 0.15) is 44.7 Å². The van der Waals surface area contributed by atoms with Gasteiger partial charge in [0.2, 0.25) is 5.91 Å². The number of carbonyl (C=O) groups is 1. The van der Waals surface area contributed by atoms with Crippen LogP contribution < -0.4 is 10.6 Å². The topological polar surface area (TPSA) is 46.1 Å². The lowest BCUT2D eigenvalue weighted by atomic mass is 10.1. The van der Waals surface area contributed by atoms with Crippen molar-refractivity contribution in [3.8, 4) is 0 Å². The summed E-state index contributed by atoms with van der Waals surface area (Å²) < 4.78 is 2.11. The fraction of sp³-hybridized carbons (Fsp3) is 0.667. The fourth-order valence-corrected chi connectivity index (χ4v) is 2.51. The standard InChI is InChI=1S/C15H25N3O/c1-11(2)17-14(19)7-9-18-8-6-13(10-18)15(16-3)12-4-5-12/h6,8,10-12,15-16H,4-5,7,9H2,1-3H3,(H,17,19). The van der Waals surface area contributed by atoms with Crippen molar-refractivity contribution in [1.82, 2.24) is 15.2 Å². The van der Waals surface area contributed by atoms with Gasteiger partial charge in [-0.05, 0) is 51.3 Å². The monoisotopic (exact) mass is 263 g/mol. The molecule has 1 unspecified atom stereocenters. The molecule has 4 nitrogen and oxygen atoms in total. The molecule has 2 N–H and O–H groups in total. The fourth-order valence-electron chi connectivity index (χ4n) is 2.51. The largest absolute Gasteiger partial charge is 0.354 e. The summed E-state index contributed by atoms with van der Waals surface area (Å²) in [5.41, 5.74) is 1.34. The molecule has 1 heterocycles. The van der Waals surface area contributed by atoms with Gasteiger partial charge in [0.1, 0.15) is 0 Å². The van der Waals surface area contributed by atoms with Crippen molar-refractivity contribution in [1.29, 1.82) is 0 Å². The zero-order valence-corrected chi connectivity index (χ0v) is 12.1. The lowest BCUT2D eigenvalue weighted by Gasteiger charge is -2.13. The van der Waals surface area contributed by atoms with Crippen LogP contribution in [0.4, 0.5) is 0 Å². The Bertz CT molecular complexity index is 421. The molecule has 0 saturated heterocycles. The van der Waals surface area contributed by atoms with E-state index in [1.54, 1.807) is 0 Å². The van der Waals surface area contributed by atoms with Crippen molar-refractivity contribution in [2.24, 2.45) is 5.92 Å². The van der Waals surface area contributed by atoms with Gasteiger partial charge in [-0.3, -0.25) is 4.79 Å². The molecule has 0 bridgehead atoms. The van der Waals surface area contributed by atoms with Crippen LogP contribution in [0.25, 0.3) is 0 Å². The van der Waals surface area contributed by atoms with Crippen LogP contribution in [-0.2, 0) is 11.3 Å². The average Bonchev–Trinajstić information content (AvgIpc) is 3.06. The normalized spacial score (nSPS) is 16.6. The second-order valence-electron chi connectivity index (χ2n) is 5.76. The zero-order valence-electron chi connectivity index (χ0n) is 12.1. The van der Waals surface area contributed by atoms with E-state index in [-0.39, 0.29) is 11.9 Å². The van der Waals surface area contributed by atoms with Crippen LogP contribution in [0, 0.1) is 5.92 Å². The van der Waals surface area contributed by atoms with Crippen LogP contribution in [-0.4, -0.2) is 23.6 Å². The number of hydrogen-bond acceptors (Lipinski definition) is 2. The molecule has 1 aromatic rings. The Morgan fingerprint density at radius 3 is 2.79 bits per heavy atom. The second-order valence-corrected chi connectivity index (χ2v) is 5.76. The molecule has 0 aromatic carbocycles. The first-order valence-electron chi connectivity index (χ1n) is 7.22. The highest BCUT2D eigenvalue weighted by Gasteiger charge is 2.31. The third-order valence-corrected chi connectivity index (χ3v) is 3.58.